The first-order valence-corrected chi connectivity index (χ1v) is 9.02. The molecule has 1 aliphatic heterocycles. The van der Waals surface area contributed by atoms with Gasteiger partial charge in [-0.1, -0.05) is 23.9 Å². The molecule has 1 atom stereocenters. The molecule has 1 amide bonds. The third-order valence-corrected chi connectivity index (χ3v) is 4.58. The van der Waals surface area contributed by atoms with Crippen molar-refractivity contribution in [3.63, 3.8) is 0 Å². The highest BCUT2D eigenvalue weighted by molar-refractivity contribution is 8.03. The number of thioether (sulfide) groups is 1. The standard InChI is InChI=1S/C18H20N2O4S/c1-3-23-13-7-5-12(6-8-13)14-9-16(21)20-18(15(14)10-19)25-11-17(22)24-4-2/h5-8,14H,3-4,9,11H2,1-2H3,(H,20,21). The number of esters is 1. The second-order valence-corrected chi connectivity index (χ2v) is 6.24. The molecule has 1 N–H and O–H groups in total. The fraction of sp³-hybridized carbons (Fsp3) is 0.389. The van der Waals surface area contributed by atoms with Crippen LogP contribution in [0.5, 0.6) is 5.75 Å². The van der Waals surface area contributed by atoms with Crippen molar-refractivity contribution >= 4 is 23.6 Å². The topological polar surface area (TPSA) is 88.4 Å². The van der Waals surface area contributed by atoms with E-state index in [1.54, 1.807) is 6.92 Å². The zero-order chi connectivity index (χ0) is 18.2. The Morgan fingerprint density at radius 2 is 2.04 bits per heavy atom. The van der Waals surface area contributed by atoms with E-state index in [0.29, 0.717) is 23.8 Å². The summed E-state index contributed by atoms with van der Waals surface area (Å²) in [7, 11) is 0. The first kappa shape index (κ1) is 18.9. The molecular formula is C18H20N2O4S. The Labute approximate surface area is 151 Å². The normalized spacial score (nSPS) is 16.8. The highest BCUT2D eigenvalue weighted by Gasteiger charge is 2.30. The van der Waals surface area contributed by atoms with Crippen molar-refractivity contribution in [1.29, 1.82) is 5.26 Å². The maximum Gasteiger partial charge on any atom is 0.316 e. The van der Waals surface area contributed by atoms with Crippen LogP contribution in [-0.2, 0) is 14.3 Å². The Balaban J connectivity index is 2.23. The number of amides is 1. The molecular weight excluding hydrogens is 340 g/mol. The average Bonchev–Trinajstić information content (AvgIpc) is 2.60. The largest absolute Gasteiger partial charge is 0.494 e. The van der Waals surface area contributed by atoms with Crippen LogP contribution >= 0.6 is 11.8 Å². The summed E-state index contributed by atoms with van der Waals surface area (Å²) in [6.45, 7) is 4.50. The predicted molar refractivity (Wildman–Crippen MR) is 94.8 cm³/mol. The van der Waals surface area contributed by atoms with Crippen molar-refractivity contribution in [1.82, 2.24) is 5.32 Å². The summed E-state index contributed by atoms with van der Waals surface area (Å²) >= 11 is 1.12. The van der Waals surface area contributed by atoms with Crippen molar-refractivity contribution in [2.24, 2.45) is 0 Å². The van der Waals surface area contributed by atoms with Crippen LogP contribution in [0, 0.1) is 11.3 Å². The Morgan fingerprint density at radius 3 is 2.64 bits per heavy atom. The molecule has 1 aliphatic rings. The van der Waals surface area contributed by atoms with E-state index in [1.165, 1.54) is 0 Å². The zero-order valence-electron chi connectivity index (χ0n) is 14.2. The van der Waals surface area contributed by atoms with Gasteiger partial charge in [-0.15, -0.1) is 0 Å². The number of rotatable bonds is 7. The van der Waals surface area contributed by atoms with Gasteiger partial charge in [0, 0.05) is 12.3 Å². The smallest absolute Gasteiger partial charge is 0.316 e. The first-order valence-electron chi connectivity index (χ1n) is 8.04. The van der Waals surface area contributed by atoms with Gasteiger partial charge in [-0.05, 0) is 31.5 Å². The summed E-state index contributed by atoms with van der Waals surface area (Å²) in [4.78, 5) is 23.6. The van der Waals surface area contributed by atoms with Gasteiger partial charge in [0.2, 0.25) is 5.91 Å². The lowest BCUT2D eigenvalue weighted by Crippen LogP contribution is -2.31. The molecule has 1 aromatic rings. The molecule has 0 saturated carbocycles. The number of benzene rings is 1. The molecule has 2 rings (SSSR count). The number of allylic oxidation sites excluding steroid dienone is 1. The monoisotopic (exact) mass is 360 g/mol. The molecule has 1 unspecified atom stereocenters. The highest BCUT2D eigenvalue weighted by Crippen LogP contribution is 2.36. The number of nitriles is 1. The minimum Gasteiger partial charge on any atom is -0.494 e. The van der Waals surface area contributed by atoms with E-state index in [0.717, 1.165) is 23.1 Å². The van der Waals surface area contributed by atoms with Crippen molar-refractivity contribution in [2.75, 3.05) is 19.0 Å². The van der Waals surface area contributed by atoms with E-state index in [4.69, 9.17) is 9.47 Å². The Kier molecular flexibility index (Phi) is 6.90. The van der Waals surface area contributed by atoms with Gasteiger partial charge in [-0.3, -0.25) is 9.59 Å². The van der Waals surface area contributed by atoms with Gasteiger partial charge in [0.05, 0.1) is 35.6 Å². The van der Waals surface area contributed by atoms with Crippen LogP contribution in [0.1, 0.15) is 31.7 Å². The van der Waals surface area contributed by atoms with Gasteiger partial charge < -0.3 is 14.8 Å². The van der Waals surface area contributed by atoms with Crippen LogP contribution < -0.4 is 10.1 Å². The number of carbonyl (C=O) groups excluding carboxylic acids is 2. The molecule has 0 aliphatic carbocycles. The van der Waals surface area contributed by atoms with Crippen LogP contribution in [0.4, 0.5) is 0 Å². The lowest BCUT2D eigenvalue weighted by molar-refractivity contribution is -0.139. The molecule has 25 heavy (non-hydrogen) atoms. The van der Waals surface area contributed by atoms with Gasteiger partial charge in [0.15, 0.2) is 0 Å². The van der Waals surface area contributed by atoms with Crippen molar-refractivity contribution in [3.8, 4) is 11.8 Å². The fourth-order valence-electron chi connectivity index (χ4n) is 2.51. The number of carbonyl (C=O) groups is 2. The Bertz CT molecular complexity index is 707. The molecule has 132 valence electrons. The van der Waals surface area contributed by atoms with Crippen molar-refractivity contribution in [2.45, 2.75) is 26.2 Å². The van der Waals surface area contributed by atoms with Crippen LogP contribution in [0.2, 0.25) is 0 Å². The number of hydrogen-bond acceptors (Lipinski definition) is 6. The van der Waals surface area contributed by atoms with Gasteiger partial charge in [0.25, 0.3) is 0 Å². The van der Waals surface area contributed by atoms with Gasteiger partial charge in [-0.2, -0.15) is 5.26 Å². The molecule has 6 nitrogen and oxygen atoms in total. The zero-order valence-corrected chi connectivity index (χ0v) is 15.0. The van der Waals surface area contributed by atoms with E-state index in [9.17, 15) is 14.9 Å². The van der Waals surface area contributed by atoms with Crippen LogP contribution in [0.25, 0.3) is 0 Å². The Hall–Kier alpha value is -2.46. The molecule has 0 saturated heterocycles. The Morgan fingerprint density at radius 1 is 1.32 bits per heavy atom. The van der Waals surface area contributed by atoms with Crippen LogP contribution in [0.3, 0.4) is 0 Å². The molecule has 0 bridgehead atoms. The minimum absolute atomic E-state index is 0.0463. The third kappa shape index (κ3) is 5.00. The molecule has 0 radical (unpaired) electrons. The van der Waals surface area contributed by atoms with Crippen molar-refractivity contribution in [3.05, 3.63) is 40.4 Å². The highest BCUT2D eigenvalue weighted by atomic mass is 32.2. The summed E-state index contributed by atoms with van der Waals surface area (Å²) < 4.78 is 10.3. The number of nitrogens with zero attached hydrogens (tertiary/aromatic N) is 1. The number of nitrogens with one attached hydrogen (secondary N) is 1. The van der Waals surface area contributed by atoms with E-state index >= 15 is 0 Å². The summed E-state index contributed by atoms with van der Waals surface area (Å²) in [5.41, 5.74) is 1.32. The number of hydrogen-bond donors (Lipinski definition) is 1. The van der Waals surface area contributed by atoms with E-state index in [2.05, 4.69) is 11.4 Å². The van der Waals surface area contributed by atoms with Crippen molar-refractivity contribution < 1.29 is 19.1 Å². The molecule has 0 fully saturated rings. The first-order chi connectivity index (χ1) is 12.1. The maximum atomic E-state index is 12.0. The van der Waals surface area contributed by atoms with E-state index in [-0.39, 0.29) is 30.0 Å². The molecule has 1 aromatic carbocycles. The molecule has 1 heterocycles. The third-order valence-electron chi connectivity index (χ3n) is 3.59. The molecule has 7 heteroatoms. The fourth-order valence-corrected chi connectivity index (χ4v) is 3.39. The van der Waals surface area contributed by atoms with Crippen LogP contribution in [-0.4, -0.2) is 30.8 Å². The van der Waals surface area contributed by atoms with Gasteiger partial charge in [0.1, 0.15) is 5.75 Å². The summed E-state index contributed by atoms with van der Waals surface area (Å²) in [6.07, 6.45) is 0.195. The molecule has 0 aromatic heterocycles. The van der Waals surface area contributed by atoms with E-state index in [1.807, 2.05) is 31.2 Å². The summed E-state index contributed by atoms with van der Waals surface area (Å²) in [5.74, 6) is -0.103. The number of ether oxygens (including phenoxy) is 2. The minimum atomic E-state index is -0.380. The quantitative estimate of drug-likeness (QED) is 0.752. The van der Waals surface area contributed by atoms with Gasteiger partial charge in [-0.25, -0.2) is 0 Å². The van der Waals surface area contributed by atoms with Crippen LogP contribution in [0.15, 0.2) is 34.9 Å². The van der Waals surface area contributed by atoms with Gasteiger partial charge >= 0.3 is 5.97 Å². The second kappa shape index (κ2) is 9.14. The average molecular weight is 360 g/mol. The van der Waals surface area contributed by atoms with E-state index < -0.39 is 0 Å². The lowest BCUT2D eigenvalue weighted by atomic mass is 9.87. The predicted octanol–water partition coefficient (Wildman–Crippen LogP) is 2.72. The lowest BCUT2D eigenvalue weighted by Gasteiger charge is -2.25. The summed E-state index contributed by atoms with van der Waals surface area (Å²) in [5, 5.41) is 12.7. The maximum absolute atomic E-state index is 12.0. The second-order valence-electron chi connectivity index (χ2n) is 5.26. The molecule has 0 spiro atoms. The summed E-state index contributed by atoms with van der Waals surface area (Å²) in [6, 6.07) is 9.55. The SMILES string of the molecule is CCOC(=O)CSC1=C(C#N)C(c2ccc(OCC)cc2)CC(=O)N1.